The standard InChI is InChI=1S/C13H13BrClNS/c1-8-3-6-12(17-8)13(16-2)10-5-4-9(15)7-11(10)14/h3-7,13,16H,1-2H3. The minimum Gasteiger partial charge on any atom is -0.309 e. The summed E-state index contributed by atoms with van der Waals surface area (Å²) in [6.45, 7) is 2.12. The van der Waals surface area contributed by atoms with Crippen LogP contribution in [0.4, 0.5) is 0 Å². The lowest BCUT2D eigenvalue weighted by Gasteiger charge is -2.17. The smallest absolute Gasteiger partial charge is 0.0679 e. The summed E-state index contributed by atoms with van der Waals surface area (Å²) in [5.41, 5.74) is 1.21. The molecule has 1 aromatic carbocycles. The first-order valence-corrected chi connectivity index (χ1v) is 7.29. The Morgan fingerprint density at radius 3 is 2.59 bits per heavy atom. The van der Waals surface area contributed by atoms with Crippen LogP contribution in [0.25, 0.3) is 0 Å². The van der Waals surface area contributed by atoms with Gasteiger partial charge < -0.3 is 5.32 Å². The minimum absolute atomic E-state index is 0.209. The number of rotatable bonds is 3. The molecule has 0 radical (unpaired) electrons. The van der Waals surface area contributed by atoms with Crippen LogP contribution >= 0.6 is 38.9 Å². The third-order valence-electron chi connectivity index (χ3n) is 2.61. The molecule has 1 nitrogen and oxygen atoms in total. The highest BCUT2D eigenvalue weighted by molar-refractivity contribution is 9.10. The molecule has 0 amide bonds. The van der Waals surface area contributed by atoms with Crippen LogP contribution in [0.1, 0.15) is 21.4 Å². The molecule has 0 saturated carbocycles. The topological polar surface area (TPSA) is 12.0 Å². The maximum atomic E-state index is 5.97. The van der Waals surface area contributed by atoms with Crippen LogP contribution in [-0.4, -0.2) is 7.05 Å². The molecule has 0 bridgehead atoms. The van der Waals surface area contributed by atoms with Gasteiger partial charge in [-0.1, -0.05) is 33.6 Å². The van der Waals surface area contributed by atoms with Gasteiger partial charge in [-0.3, -0.25) is 0 Å². The number of hydrogen-bond acceptors (Lipinski definition) is 2. The summed E-state index contributed by atoms with van der Waals surface area (Å²) >= 11 is 11.4. The lowest BCUT2D eigenvalue weighted by molar-refractivity contribution is 0.701. The molecule has 1 unspecified atom stereocenters. The molecule has 0 spiro atoms. The third-order valence-corrected chi connectivity index (χ3v) is 4.60. The minimum atomic E-state index is 0.209. The molecule has 17 heavy (non-hydrogen) atoms. The van der Waals surface area contributed by atoms with Gasteiger partial charge in [0, 0.05) is 19.2 Å². The zero-order chi connectivity index (χ0) is 12.4. The predicted molar refractivity (Wildman–Crippen MR) is 79.1 cm³/mol. The summed E-state index contributed by atoms with van der Waals surface area (Å²) in [7, 11) is 1.97. The van der Waals surface area contributed by atoms with E-state index in [0.717, 1.165) is 9.50 Å². The van der Waals surface area contributed by atoms with E-state index in [1.165, 1.54) is 15.3 Å². The zero-order valence-electron chi connectivity index (χ0n) is 9.63. The average Bonchev–Trinajstić information content (AvgIpc) is 2.69. The van der Waals surface area contributed by atoms with Gasteiger partial charge in [0.2, 0.25) is 0 Å². The van der Waals surface area contributed by atoms with Crippen LogP contribution in [0.2, 0.25) is 5.02 Å². The van der Waals surface area contributed by atoms with Crippen molar-refractivity contribution in [2.75, 3.05) is 7.05 Å². The van der Waals surface area contributed by atoms with Crippen molar-refractivity contribution in [1.82, 2.24) is 5.32 Å². The Labute approximate surface area is 119 Å². The normalized spacial score (nSPS) is 12.7. The quantitative estimate of drug-likeness (QED) is 0.854. The number of benzene rings is 1. The molecule has 1 aromatic heterocycles. The van der Waals surface area contributed by atoms with E-state index in [-0.39, 0.29) is 6.04 Å². The molecule has 0 aliphatic heterocycles. The van der Waals surface area contributed by atoms with Crippen LogP contribution in [-0.2, 0) is 0 Å². The van der Waals surface area contributed by atoms with E-state index < -0.39 is 0 Å². The maximum Gasteiger partial charge on any atom is 0.0679 e. The second-order valence-corrected chi connectivity index (χ2v) is 6.45. The van der Waals surface area contributed by atoms with Crippen molar-refractivity contribution in [3.8, 4) is 0 Å². The van der Waals surface area contributed by atoms with Crippen LogP contribution in [0.15, 0.2) is 34.8 Å². The Bertz CT molecular complexity index is 524. The third kappa shape index (κ3) is 2.91. The van der Waals surface area contributed by atoms with E-state index in [4.69, 9.17) is 11.6 Å². The highest BCUT2D eigenvalue weighted by Crippen LogP contribution is 2.33. The average molecular weight is 331 g/mol. The molecule has 2 rings (SSSR count). The van der Waals surface area contributed by atoms with Crippen LogP contribution in [0, 0.1) is 6.92 Å². The van der Waals surface area contributed by atoms with Gasteiger partial charge in [-0.05, 0) is 43.8 Å². The van der Waals surface area contributed by atoms with Crippen LogP contribution < -0.4 is 5.32 Å². The Morgan fingerprint density at radius 1 is 1.29 bits per heavy atom. The molecule has 90 valence electrons. The van der Waals surface area contributed by atoms with Crippen LogP contribution in [0.5, 0.6) is 0 Å². The second-order valence-electron chi connectivity index (χ2n) is 3.84. The highest BCUT2D eigenvalue weighted by Gasteiger charge is 2.16. The fourth-order valence-corrected chi connectivity index (χ4v) is 3.71. The van der Waals surface area contributed by atoms with Gasteiger partial charge in [0.1, 0.15) is 0 Å². The van der Waals surface area contributed by atoms with E-state index in [1.54, 1.807) is 0 Å². The maximum absolute atomic E-state index is 5.97. The molecule has 0 fully saturated rings. The molecule has 4 heteroatoms. The summed E-state index contributed by atoms with van der Waals surface area (Å²) in [6.07, 6.45) is 0. The van der Waals surface area contributed by atoms with Crippen LogP contribution in [0.3, 0.4) is 0 Å². The van der Waals surface area contributed by atoms with Gasteiger partial charge in [-0.25, -0.2) is 0 Å². The van der Waals surface area contributed by atoms with Crippen molar-refractivity contribution >= 4 is 38.9 Å². The summed E-state index contributed by atoms with van der Waals surface area (Å²) in [5.74, 6) is 0. The first-order chi connectivity index (χ1) is 8.11. The largest absolute Gasteiger partial charge is 0.309 e. The summed E-state index contributed by atoms with van der Waals surface area (Å²) < 4.78 is 1.04. The predicted octanol–water partition coefficient (Wildman–Crippen LogP) is 4.78. The van der Waals surface area contributed by atoms with Gasteiger partial charge >= 0.3 is 0 Å². The number of halogens is 2. The molecular weight excluding hydrogens is 318 g/mol. The fraction of sp³-hybridized carbons (Fsp3) is 0.231. The van der Waals surface area contributed by atoms with Crippen molar-refractivity contribution in [2.24, 2.45) is 0 Å². The Kier molecular flexibility index (Phi) is 4.26. The van der Waals surface area contributed by atoms with Crippen molar-refractivity contribution in [2.45, 2.75) is 13.0 Å². The molecule has 1 heterocycles. The molecule has 0 aliphatic carbocycles. The van der Waals surface area contributed by atoms with Gasteiger partial charge in [-0.2, -0.15) is 0 Å². The monoisotopic (exact) mass is 329 g/mol. The summed E-state index contributed by atoms with van der Waals surface area (Å²) in [5, 5.41) is 4.09. The van der Waals surface area contributed by atoms with Gasteiger partial charge in [0.05, 0.1) is 6.04 Å². The fourth-order valence-electron chi connectivity index (χ4n) is 1.80. The molecular formula is C13H13BrClNS. The Hall–Kier alpha value is -0.350. The first kappa shape index (κ1) is 13.1. The van der Waals surface area contributed by atoms with Crippen molar-refractivity contribution < 1.29 is 0 Å². The summed E-state index contributed by atoms with van der Waals surface area (Å²) in [6, 6.07) is 10.4. The van der Waals surface area contributed by atoms with E-state index in [0.29, 0.717) is 0 Å². The molecule has 0 aliphatic rings. The zero-order valence-corrected chi connectivity index (χ0v) is 12.8. The van der Waals surface area contributed by atoms with E-state index in [2.05, 4.69) is 46.4 Å². The van der Waals surface area contributed by atoms with Crippen molar-refractivity contribution in [1.29, 1.82) is 0 Å². The lowest BCUT2D eigenvalue weighted by atomic mass is 10.1. The number of hydrogen-bond donors (Lipinski definition) is 1. The van der Waals surface area contributed by atoms with Gasteiger partial charge in [0.15, 0.2) is 0 Å². The Morgan fingerprint density at radius 2 is 2.06 bits per heavy atom. The first-order valence-electron chi connectivity index (χ1n) is 5.30. The van der Waals surface area contributed by atoms with Gasteiger partial charge in [-0.15, -0.1) is 11.3 Å². The molecule has 2 aromatic rings. The lowest BCUT2D eigenvalue weighted by Crippen LogP contribution is -2.16. The molecule has 1 N–H and O–H groups in total. The van der Waals surface area contributed by atoms with Crippen molar-refractivity contribution in [3.05, 3.63) is 55.1 Å². The summed E-state index contributed by atoms with van der Waals surface area (Å²) in [4.78, 5) is 2.64. The number of thiophene rings is 1. The van der Waals surface area contributed by atoms with E-state index >= 15 is 0 Å². The van der Waals surface area contributed by atoms with Gasteiger partial charge in [0.25, 0.3) is 0 Å². The number of aryl methyl sites for hydroxylation is 1. The van der Waals surface area contributed by atoms with E-state index in [9.17, 15) is 0 Å². The molecule has 1 atom stereocenters. The SMILES string of the molecule is CNC(c1ccc(C)s1)c1ccc(Cl)cc1Br. The van der Waals surface area contributed by atoms with E-state index in [1.807, 2.05) is 30.5 Å². The number of nitrogens with one attached hydrogen (secondary N) is 1. The molecule has 0 saturated heterocycles. The second kappa shape index (κ2) is 5.53. The van der Waals surface area contributed by atoms with Crippen molar-refractivity contribution in [3.63, 3.8) is 0 Å². The highest BCUT2D eigenvalue weighted by atomic mass is 79.9. The Balaban J connectivity index is 2.42.